The van der Waals surface area contributed by atoms with Gasteiger partial charge in [-0.1, -0.05) is 13.8 Å². The fourth-order valence-corrected chi connectivity index (χ4v) is 2.46. The molecule has 86 valence electrons. The number of hydrogen-bond donors (Lipinski definition) is 1. The molecule has 2 saturated heterocycles. The lowest BCUT2D eigenvalue weighted by Crippen LogP contribution is -2.44. The first-order chi connectivity index (χ1) is 7.08. The molecule has 1 amide bonds. The van der Waals surface area contributed by atoms with Crippen LogP contribution in [0.3, 0.4) is 0 Å². The van der Waals surface area contributed by atoms with Crippen molar-refractivity contribution in [3.05, 3.63) is 0 Å². The van der Waals surface area contributed by atoms with Crippen LogP contribution in [0.2, 0.25) is 0 Å². The van der Waals surface area contributed by atoms with Gasteiger partial charge in [0.1, 0.15) is 0 Å². The van der Waals surface area contributed by atoms with E-state index in [1.807, 2.05) is 0 Å². The van der Waals surface area contributed by atoms with Gasteiger partial charge in [0, 0.05) is 19.6 Å². The second-order valence-electron chi connectivity index (χ2n) is 5.68. The number of likely N-dealkylation sites (tertiary alicyclic amines) is 1. The molecular formula is C12H22N2O. The monoisotopic (exact) mass is 210 g/mol. The van der Waals surface area contributed by atoms with Crippen LogP contribution in [0.15, 0.2) is 0 Å². The summed E-state index contributed by atoms with van der Waals surface area (Å²) in [6.07, 6.45) is 3.33. The molecule has 1 N–H and O–H groups in total. The fraction of sp³-hybridized carbons (Fsp3) is 0.917. The van der Waals surface area contributed by atoms with Crippen molar-refractivity contribution in [2.24, 2.45) is 11.3 Å². The number of nitrogens with zero attached hydrogens (tertiary/aromatic N) is 1. The average Bonchev–Trinajstić information content (AvgIpc) is 2.69. The summed E-state index contributed by atoms with van der Waals surface area (Å²) in [4.78, 5) is 14.2. The smallest absolute Gasteiger partial charge is 0.227 e. The summed E-state index contributed by atoms with van der Waals surface area (Å²) in [6.45, 7) is 8.41. The lowest BCUT2D eigenvalue weighted by Gasteiger charge is -2.37. The minimum Gasteiger partial charge on any atom is -0.342 e. The van der Waals surface area contributed by atoms with Crippen LogP contribution >= 0.6 is 0 Å². The van der Waals surface area contributed by atoms with E-state index in [0.29, 0.717) is 11.3 Å². The molecule has 0 spiro atoms. The van der Waals surface area contributed by atoms with Gasteiger partial charge < -0.3 is 10.2 Å². The summed E-state index contributed by atoms with van der Waals surface area (Å²) < 4.78 is 0. The Hall–Kier alpha value is -0.570. The first-order valence-corrected chi connectivity index (χ1v) is 6.08. The first-order valence-electron chi connectivity index (χ1n) is 6.08. The van der Waals surface area contributed by atoms with E-state index in [9.17, 15) is 4.79 Å². The predicted molar refractivity (Wildman–Crippen MR) is 60.6 cm³/mol. The Bertz CT molecular complexity index is 234. The van der Waals surface area contributed by atoms with Crippen LogP contribution in [-0.4, -0.2) is 37.0 Å². The maximum Gasteiger partial charge on any atom is 0.227 e. The van der Waals surface area contributed by atoms with Crippen LogP contribution in [0.4, 0.5) is 0 Å². The van der Waals surface area contributed by atoms with Gasteiger partial charge in [-0.25, -0.2) is 0 Å². The SMILES string of the molecule is CC1(C)CCN(C(=O)[C@H]2CCNC2)CC1. The summed E-state index contributed by atoms with van der Waals surface area (Å²) in [7, 11) is 0. The Morgan fingerprint density at radius 2 is 2.00 bits per heavy atom. The van der Waals surface area contributed by atoms with Gasteiger partial charge in [0.05, 0.1) is 5.92 Å². The number of amides is 1. The number of nitrogens with one attached hydrogen (secondary N) is 1. The van der Waals surface area contributed by atoms with Crippen molar-refractivity contribution in [3.63, 3.8) is 0 Å². The maximum atomic E-state index is 12.1. The minimum atomic E-state index is 0.256. The molecule has 0 bridgehead atoms. The quantitative estimate of drug-likeness (QED) is 0.706. The van der Waals surface area contributed by atoms with Gasteiger partial charge in [0.25, 0.3) is 0 Å². The van der Waals surface area contributed by atoms with Crippen LogP contribution in [0.1, 0.15) is 33.1 Å². The molecule has 0 radical (unpaired) electrons. The predicted octanol–water partition coefficient (Wildman–Crippen LogP) is 1.24. The molecule has 2 rings (SSSR count). The summed E-state index contributed by atoms with van der Waals surface area (Å²) in [5, 5.41) is 3.26. The molecule has 3 heteroatoms. The number of piperidine rings is 1. The van der Waals surface area contributed by atoms with Crippen molar-refractivity contribution in [2.45, 2.75) is 33.1 Å². The molecular weight excluding hydrogens is 188 g/mol. The van der Waals surface area contributed by atoms with Gasteiger partial charge in [-0.05, 0) is 31.2 Å². The van der Waals surface area contributed by atoms with Crippen molar-refractivity contribution in [1.29, 1.82) is 0 Å². The molecule has 0 aromatic rings. The highest BCUT2D eigenvalue weighted by atomic mass is 16.2. The van der Waals surface area contributed by atoms with Gasteiger partial charge in [-0.3, -0.25) is 4.79 Å². The van der Waals surface area contributed by atoms with E-state index in [4.69, 9.17) is 0 Å². The van der Waals surface area contributed by atoms with E-state index in [1.165, 1.54) is 0 Å². The van der Waals surface area contributed by atoms with Gasteiger partial charge in [-0.2, -0.15) is 0 Å². The fourth-order valence-electron chi connectivity index (χ4n) is 2.46. The molecule has 2 aliphatic heterocycles. The van der Waals surface area contributed by atoms with Gasteiger partial charge in [-0.15, -0.1) is 0 Å². The van der Waals surface area contributed by atoms with Crippen molar-refractivity contribution in [3.8, 4) is 0 Å². The average molecular weight is 210 g/mol. The summed E-state index contributed by atoms with van der Waals surface area (Å²) >= 11 is 0. The van der Waals surface area contributed by atoms with E-state index < -0.39 is 0 Å². The summed E-state index contributed by atoms with van der Waals surface area (Å²) in [5.41, 5.74) is 0.435. The standard InChI is InChI=1S/C12H22N2O/c1-12(2)4-7-14(8-5-12)11(15)10-3-6-13-9-10/h10,13H,3-9H2,1-2H3/t10-/m0/s1. The highest BCUT2D eigenvalue weighted by molar-refractivity contribution is 5.79. The third-order valence-electron chi connectivity index (χ3n) is 3.84. The number of carbonyl (C=O) groups excluding carboxylic acids is 1. The Morgan fingerprint density at radius 1 is 1.33 bits per heavy atom. The molecule has 0 aromatic carbocycles. The second kappa shape index (κ2) is 4.12. The minimum absolute atomic E-state index is 0.256. The zero-order chi connectivity index (χ0) is 10.9. The number of rotatable bonds is 1. The van der Waals surface area contributed by atoms with Crippen LogP contribution in [0.5, 0.6) is 0 Å². The second-order valence-corrected chi connectivity index (χ2v) is 5.68. The molecule has 15 heavy (non-hydrogen) atoms. The zero-order valence-electron chi connectivity index (χ0n) is 9.88. The van der Waals surface area contributed by atoms with Crippen LogP contribution < -0.4 is 5.32 Å². The maximum absolute atomic E-state index is 12.1. The van der Waals surface area contributed by atoms with E-state index in [-0.39, 0.29) is 5.92 Å². The summed E-state index contributed by atoms with van der Waals surface area (Å²) in [6, 6.07) is 0. The van der Waals surface area contributed by atoms with Crippen molar-refractivity contribution >= 4 is 5.91 Å². The van der Waals surface area contributed by atoms with Crippen LogP contribution in [0, 0.1) is 11.3 Å². The highest BCUT2D eigenvalue weighted by Gasteiger charge is 2.32. The van der Waals surface area contributed by atoms with Crippen molar-refractivity contribution < 1.29 is 4.79 Å². The molecule has 0 aromatic heterocycles. The Labute approximate surface area is 92.2 Å². The third-order valence-corrected chi connectivity index (χ3v) is 3.84. The largest absolute Gasteiger partial charge is 0.342 e. The normalized spacial score (nSPS) is 30.5. The zero-order valence-corrected chi connectivity index (χ0v) is 9.88. The molecule has 2 heterocycles. The first kappa shape index (κ1) is 10.9. The van der Waals surface area contributed by atoms with Crippen molar-refractivity contribution in [1.82, 2.24) is 10.2 Å². The van der Waals surface area contributed by atoms with Gasteiger partial charge >= 0.3 is 0 Å². The van der Waals surface area contributed by atoms with E-state index >= 15 is 0 Å². The highest BCUT2D eigenvalue weighted by Crippen LogP contribution is 2.30. The van der Waals surface area contributed by atoms with E-state index in [0.717, 1.165) is 45.4 Å². The molecule has 1 atom stereocenters. The molecule has 0 aliphatic carbocycles. The molecule has 2 aliphatic rings. The molecule has 2 fully saturated rings. The van der Waals surface area contributed by atoms with Gasteiger partial charge in [0.15, 0.2) is 0 Å². The Morgan fingerprint density at radius 3 is 2.53 bits per heavy atom. The molecule has 0 saturated carbocycles. The Balaban J connectivity index is 1.87. The van der Waals surface area contributed by atoms with E-state index in [1.54, 1.807) is 0 Å². The lowest BCUT2D eigenvalue weighted by atomic mass is 9.82. The van der Waals surface area contributed by atoms with Crippen LogP contribution in [0.25, 0.3) is 0 Å². The molecule has 3 nitrogen and oxygen atoms in total. The number of carbonyl (C=O) groups is 1. The number of hydrogen-bond acceptors (Lipinski definition) is 2. The van der Waals surface area contributed by atoms with Gasteiger partial charge in [0.2, 0.25) is 5.91 Å². The molecule has 0 unspecified atom stereocenters. The summed E-state index contributed by atoms with van der Waals surface area (Å²) in [5.74, 6) is 0.640. The third kappa shape index (κ3) is 2.51. The van der Waals surface area contributed by atoms with Crippen LogP contribution in [-0.2, 0) is 4.79 Å². The Kier molecular flexibility index (Phi) is 3.01. The van der Waals surface area contributed by atoms with Crippen molar-refractivity contribution in [2.75, 3.05) is 26.2 Å². The lowest BCUT2D eigenvalue weighted by molar-refractivity contribution is -0.136. The topological polar surface area (TPSA) is 32.3 Å². The van der Waals surface area contributed by atoms with E-state index in [2.05, 4.69) is 24.1 Å².